The summed E-state index contributed by atoms with van der Waals surface area (Å²) in [5.41, 5.74) is 1.85. The van der Waals surface area contributed by atoms with E-state index in [4.69, 9.17) is 4.42 Å². The van der Waals surface area contributed by atoms with E-state index in [1.807, 2.05) is 13.0 Å². The van der Waals surface area contributed by atoms with Crippen LogP contribution in [-0.4, -0.2) is 18.2 Å². The first-order valence-corrected chi connectivity index (χ1v) is 7.63. The second-order valence-corrected chi connectivity index (χ2v) is 6.32. The van der Waals surface area contributed by atoms with E-state index in [0.717, 1.165) is 29.6 Å². The largest absolute Gasteiger partial charge is 0.507 e. The summed E-state index contributed by atoms with van der Waals surface area (Å²) in [5, 5.41) is 11.1. The van der Waals surface area contributed by atoms with Crippen molar-refractivity contribution in [3.05, 3.63) is 39.7 Å². The molecule has 1 saturated heterocycles. The van der Waals surface area contributed by atoms with Crippen LogP contribution in [0.4, 0.5) is 0 Å². The lowest BCUT2D eigenvalue weighted by molar-refractivity contribution is -0.922. The first kappa shape index (κ1) is 14.1. The van der Waals surface area contributed by atoms with Crippen molar-refractivity contribution in [3.8, 4) is 5.75 Å². The SMILES string of the molecule is Cc1cc(=O)oc2c(C[NH+]3CCC[C@@H](C)C3)c(O)ccc12. The maximum atomic E-state index is 11.7. The van der Waals surface area contributed by atoms with Gasteiger partial charge < -0.3 is 14.4 Å². The van der Waals surface area contributed by atoms with Gasteiger partial charge in [-0.2, -0.15) is 0 Å². The van der Waals surface area contributed by atoms with Crippen LogP contribution in [0.2, 0.25) is 0 Å². The number of piperidine rings is 1. The molecule has 1 aromatic heterocycles. The number of fused-ring (bicyclic) bond motifs is 1. The Bertz CT molecular complexity index is 720. The number of phenolic OH excluding ortho intramolecular Hbond substituents is 1. The fourth-order valence-corrected chi connectivity index (χ4v) is 3.41. The molecule has 1 aromatic carbocycles. The predicted molar refractivity (Wildman–Crippen MR) is 81.7 cm³/mol. The van der Waals surface area contributed by atoms with Gasteiger partial charge in [-0.15, -0.1) is 0 Å². The van der Waals surface area contributed by atoms with Gasteiger partial charge in [0.1, 0.15) is 12.3 Å². The molecule has 2 heterocycles. The van der Waals surface area contributed by atoms with Crippen LogP contribution in [0.15, 0.2) is 27.4 Å². The van der Waals surface area contributed by atoms with Crippen LogP contribution < -0.4 is 10.5 Å². The second kappa shape index (κ2) is 5.53. The zero-order chi connectivity index (χ0) is 15.0. The molecule has 3 rings (SSSR count). The van der Waals surface area contributed by atoms with Crippen molar-refractivity contribution in [2.75, 3.05) is 13.1 Å². The standard InChI is InChI=1S/C17H21NO3/c1-11-4-3-7-18(9-11)10-14-15(19)6-5-13-12(2)8-16(20)21-17(13)14/h5-6,8,11,19H,3-4,7,9-10H2,1-2H3/p+1/t11-/m1/s1. The van der Waals surface area contributed by atoms with Crippen molar-refractivity contribution in [1.29, 1.82) is 0 Å². The van der Waals surface area contributed by atoms with E-state index < -0.39 is 0 Å². The number of nitrogens with one attached hydrogen (secondary N) is 1. The summed E-state index contributed by atoms with van der Waals surface area (Å²) in [5.74, 6) is 0.932. The molecule has 21 heavy (non-hydrogen) atoms. The van der Waals surface area contributed by atoms with Crippen molar-refractivity contribution < 1.29 is 14.4 Å². The highest BCUT2D eigenvalue weighted by Crippen LogP contribution is 2.27. The molecule has 0 amide bonds. The quantitative estimate of drug-likeness (QED) is 0.826. The molecule has 1 aliphatic rings. The van der Waals surface area contributed by atoms with E-state index in [2.05, 4.69) is 6.92 Å². The summed E-state index contributed by atoms with van der Waals surface area (Å²) in [6.45, 7) is 7.09. The first-order chi connectivity index (χ1) is 10.0. The lowest BCUT2D eigenvalue weighted by Gasteiger charge is -2.28. The number of hydrogen-bond acceptors (Lipinski definition) is 3. The minimum atomic E-state index is -0.353. The third-order valence-electron chi connectivity index (χ3n) is 4.49. The molecule has 4 nitrogen and oxygen atoms in total. The van der Waals surface area contributed by atoms with E-state index in [9.17, 15) is 9.90 Å². The molecule has 2 N–H and O–H groups in total. The number of quaternary nitrogens is 1. The summed E-state index contributed by atoms with van der Waals surface area (Å²) in [6.07, 6.45) is 2.49. The molecule has 0 radical (unpaired) electrons. The Morgan fingerprint density at radius 1 is 1.43 bits per heavy atom. The lowest BCUT2D eigenvalue weighted by Crippen LogP contribution is -3.12. The Hall–Kier alpha value is -1.81. The second-order valence-electron chi connectivity index (χ2n) is 6.32. The fraction of sp³-hybridized carbons (Fsp3) is 0.471. The number of phenols is 1. The average Bonchev–Trinajstić information content (AvgIpc) is 2.42. The van der Waals surface area contributed by atoms with Crippen molar-refractivity contribution in [3.63, 3.8) is 0 Å². The van der Waals surface area contributed by atoms with Gasteiger partial charge in [0.15, 0.2) is 5.58 Å². The zero-order valence-electron chi connectivity index (χ0n) is 12.6. The molecule has 1 aliphatic heterocycles. The minimum absolute atomic E-state index is 0.224. The lowest BCUT2D eigenvalue weighted by atomic mass is 9.99. The first-order valence-electron chi connectivity index (χ1n) is 7.63. The molecule has 0 spiro atoms. The Morgan fingerprint density at radius 3 is 3.00 bits per heavy atom. The molecular weight excluding hydrogens is 266 g/mol. The number of aromatic hydroxyl groups is 1. The Labute approximate surface area is 124 Å². The summed E-state index contributed by atoms with van der Waals surface area (Å²) in [6, 6.07) is 5.02. The number of hydrogen-bond donors (Lipinski definition) is 2. The van der Waals surface area contributed by atoms with Crippen LogP contribution in [0.5, 0.6) is 5.75 Å². The maximum absolute atomic E-state index is 11.7. The molecule has 0 saturated carbocycles. The number of benzene rings is 1. The molecule has 4 heteroatoms. The van der Waals surface area contributed by atoms with Crippen LogP contribution in [0.25, 0.3) is 11.0 Å². The maximum Gasteiger partial charge on any atom is 0.336 e. The molecule has 0 aliphatic carbocycles. The van der Waals surface area contributed by atoms with Crippen LogP contribution in [0, 0.1) is 12.8 Å². The fourth-order valence-electron chi connectivity index (χ4n) is 3.41. The van der Waals surface area contributed by atoms with E-state index >= 15 is 0 Å². The van der Waals surface area contributed by atoms with Crippen molar-refractivity contribution in [2.24, 2.45) is 5.92 Å². The van der Waals surface area contributed by atoms with Gasteiger partial charge in [0.25, 0.3) is 0 Å². The molecular formula is C17H22NO3+. The Morgan fingerprint density at radius 2 is 2.24 bits per heavy atom. The molecule has 112 valence electrons. The monoisotopic (exact) mass is 288 g/mol. The van der Waals surface area contributed by atoms with E-state index in [-0.39, 0.29) is 11.4 Å². The highest BCUT2D eigenvalue weighted by Gasteiger charge is 2.23. The predicted octanol–water partition coefficient (Wildman–Crippen LogP) is 1.62. The smallest absolute Gasteiger partial charge is 0.336 e. The third kappa shape index (κ3) is 2.81. The molecule has 1 fully saturated rings. The highest BCUT2D eigenvalue weighted by molar-refractivity contribution is 5.84. The number of rotatable bonds is 2. The molecule has 2 atom stereocenters. The van der Waals surface area contributed by atoms with E-state index in [1.54, 1.807) is 6.07 Å². The summed E-state index contributed by atoms with van der Waals surface area (Å²) in [4.78, 5) is 13.1. The summed E-state index contributed by atoms with van der Waals surface area (Å²) < 4.78 is 5.39. The molecule has 2 aromatic rings. The number of likely N-dealkylation sites (tertiary alicyclic amines) is 1. The van der Waals surface area contributed by atoms with Gasteiger partial charge in [0, 0.05) is 17.4 Å². The Kier molecular flexibility index (Phi) is 3.72. The van der Waals surface area contributed by atoms with Crippen LogP contribution >= 0.6 is 0 Å². The van der Waals surface area contributed by atoms with Gasteiger partial charge in [-0.05, 0) is 37.5 Å². The van der Waals surface area contributed by atoms with Crippen LogP contribution in [0.1, 0.15) is 30.9 Å². The summed E-state index contributed by atoms with van der Waals surface area (Å²) in [7, 11) is 0. The summed E-state index contributed by atoms with van der Waals surface area (Å²) >= 11 is 0. The van der Waals surface area contributed by atoms with Crippen molar-refractivity contribution >= 4 is 11.0 Å². The van der Waals surface area contributed by atoms with Crippen molar-refractivity contribution in [1.82, 2.24) is 0 Å². The van der Waals surface area contributed by atoms with Crippen LogP contribution in [0.3, 0.4) is 0 Å². The van der Waals surface area contributed by atoms with Gasteiger partial charge >= 0.3 is 5.63 Å². The van der Waals surface area contributed by atoms with E-state index in [0.29, 0.717) is 18.0 Å². The highest BCUT2D eigenvalue weighted by atomic mass is 16.4. The molecule has 0 bridgehead atoms. The van der Waals surface area contributed by atoms with Crippen molar-refractivity contribution in [2.45, 2.75) is 33.2 Å². The van der Waals surface area contributed by atoms with Gasteiger partial charge in [-0.25, -0.2) is 4.79 Å². The normalized spacial score (nSPS) is 22.6. The van der Waals surface area contributed by atoms with Crippen LogP contribution in [-0.2, 0) is 6.54 Å². The minimum Gasteiger partial charge on any atom is -0.507 e. The van der Waals surface area contributed by atoms with Gasteiger partial charge in [-0.3, -0.25) is 0 Å². The topological polar surface area (TPSA) is 54.9 Å². The van der Waals surface area contributed by atoms with Gasteiger partial charge in [-0.1, -0.05) is 6.92 Å². The Balaban J connectivity index is 2.04. The molecule has 1 unspecified atom stereocenters. The third-order valence-corrected chi connectivity index (χ3v) is 4.49. The van der Waals surface area contributed by atoms with Gasteiger partial charge in [0.2, 0.25) is 0 Å². The zero-order valence-corrected chi connectivity index (χ0v) is 12.6. The van der Waals surface area contributed by atoms with E-state index in [1.165, 1.54) is 23.8 Å². The number of aryl methyl sites for hydroxylation is 1. The van der Waals surface area contributed by atoms with Gasteiger partial charge in [0.05, 0.1) is 18.7 Å². The average molecular weight is 288 g/mol.